The van der Waals surface area contributed by atoms with Gasteiger partial charge in [-0.1, -0.05) is 12.8 Å². The van der Waals surface area contributed by atoms with Gasteiger partial charge in [-0.05, 0) is 12.8 Å². The van der Waals surface area contributed by atoms with Crippen molar-refractivity contribution in [2.75, 3.05) is 43.9 Å². The summed E-state index contributed by atoms with van der Waals surface area (Å²) in [6, 6.07) is 0. The smallest absolute Gasteiger partial charge is 0.221 e. The van der Waals surface area contributed by atoms with E-state index in [4.69, 9.17) is 0 Å². The maximum Gasteiger partial charge on any atom is 0.221 e. The Labute approximate surface area is 137 Å². The van der Waals surface area contributed by atoms with Crippen molar-refractivity contribution in [3.63, 3.8) is 0 Å². The van der Waals surface area contributed by atoms with Gasteiger partial charge < -0.3 is 5.32 Å². The molecule has 6 nitrogen and oxygen atoms in total. The van der Waals surface area contributed by atoms with Crippen LogP contribution in [0.1, 0.15) is 32.1 Å². The average molecular weight is 350 g/mol. The predicted octanol–water partition coefficient (Wildman–Crippen LogP) is 0.404. The van der Waals surface area contributed by atoms with Crippen molar-refractivity contribution >= 4 is 27.7 Å². The quantitative estimate of drug-likeness (QED) is 0.696. The molecule has 8 heteroatoms. The summed E-state index contributed by atoms with van der Waals surface area (Å²) in [7, 11) is -3.22. The van der Waals surface area contributed by atoms with E-state index in [0.29, 0.717) is 6.54 Å². The van der Waals surface area contributed by atoms with E-state index < -0.39 is 10.0 Å². The summed E-state index contributed by atoms with van der Waals surface area (Å²) in [5.74, 6) is 2.27. The Morgan fingerprint density at radius 2 is 1.86 bits per heavy atom. The number of hydrogen-bond acceptors (Lipinski definition) is 5. The number of thioether (sulfide) groups is 1. The fraction of sp³-hybridized carbons (Fsp3) is 0.929. The molecule has 0 aromatic heterocycles. The second-order valence-electron chi connectivity index (χ2n) is 6.22. The monoisotopic (exact) mass is 349 g/mol. The molecule has 0 spiro atoms. The molecular formula is C14H27N3O3S2. The summed E-state index contributed by atoms with van der Waals surface area (Å²) >= 11 is 2.00. The van der Waals surface area contributed by atoms with E-state index in [2.05, 4.69) is 14.9 Å². The lowest BCUT2D eigenvalue weighted by Gasteiger charge is -2.43. The van der Waals surface area contributed by atoms with Gasteiger partial charge in [-0.2, -0.15) is 11.8 Å². The van der Waals surface area contributed by atoms with Crippen LogP contribution in [0.15, 0.2) is 0 Å². The third kappa shape index (κ3) is 5.40. The van der Waals surface area contributed by atoms with Gasteiger partial charge in [-0.3, -0.25) is 9.69 Å². The highest BCUT2D eigenvalue weighted by atomic mass is 32.2. The summed E-state index contributed by atoms with van der Waals surface area (Å²) in [6.07, 6.45) is 6.06. The third-order valence-corrected chi connectivity index (χ3v) is 6.22. The number of rotatable bonds is 7. The number of nitrogens with zero attached hydrogens (tertiary/aromatic N) is 1. The molecule has 0 radical (unpaired) electrons. The molecule has 2 fully saturated rings. The van der Waals surface area contributed by atoms with Crippen LogP contribution in [-0.4, -0.2) is 68.7 Å². The van der Waals surface area contributed by atoms with Crippen molar-refractivity contribution in [1.82, 2.24) is 14.9 Å². The molecule has 0 unspecified atom stereocenters. The first-order valence-corrected chi connectivity index (χ1v) is 11.0. The molecule has 2 rings (SSSR count). The molecule has 2 N–H and O–H groups in total. The molecule has 128 valence electrons. The van der Waals surface area contributed by atoms with Crippen molar-refractivity contribution in [3.8, 4) is 0 Å². The maximum absolute atomic E-state index is 11.9. The minimum Gasteiger partial charge on any atom is -0.354 e. The Morgan fingerprint density at radius 3 is 2.45 bits per heavy atom. The molecule has 1 amide bonds. The van der Waals surface area contributed by atoms with Crippen LogP contribution in [0.25, 0.3) is 0 Å². The van der Waals surface area contributed by atoms with Crippen LogP contribution >= 0.6 is 11.8 Å². The highest BCUT2D eigenvalue weighted by Crippen LogP contribution is 2.36. The van der Waals surface area contributed by atoms with E-state index in [9.17, 15) is 13.2 Å². The number of hydrogen-bond donors (Lipinski definition) is 2. The summed E-state index contributed by atoms with van der Waals surface area (Å²) in [4.78, 5) is 14.5. The molecule has 1 heterocycles. The van der Waals surface area contributed by atoms with Crippen LogP contribution in [0.3, 0.4) is 0 Å². The maximum atomic E-state index is 11.9. The Hall–Kier alpha value is -0.310. The normalized spacial score (nSPS) is 22.6. The minimum atomic E-state index is -3.22. The molecule has 0 aromatic carbocycles. The fourth-order valence-corrected chi connectivity index (χ4v) is 4.75. The van der Waals surface area contributed by atoms with Gasteiger partial charge >= 0.3 is 0 Å². The molecule has 1 aliphatic carbocycles. The lowest BCUT2D eigenvalue weighted by atomic mass is 9.94. The first-order chi connectivity index (χ1) is 10.4. The highest BCUT2D eigenvalue weighted by Gasteiger charge is 2.40. The van der Waals surface area contributed by atoms with Gasteiger partial charge in [0.25, 0.3) is 0 Å². The van der Waals surface area contributed by atoms with Gasteiger partial charge in [0.05, 0.1) is 6.26 Å². The van der Waals surface area contributed by atoms with Crippen LogP contribution in [0.4, 0.5) is 0 Å². The van der Waals surface area contributed by atoms with Crippen LogP contribution in [0.2, 0.25) is 0 Å². The van der Waals surface area contributed by atoms with Crippen LogP contribution in [0, 0.1) is 0 Å². The molecule has 1 saturated heterocycles. The summed E-state index contributed by atoms with van der Waals surface area (Å²) in [5, 5.41) is 3.03. The Bertz CT molecular complexity index is 470. The zero-order valence-electron chi connectivity index (χ0n) is 13.3. The van der Waals surface area contributed by atoms with E-state index in [1.54, 1.807) is 0 Å². The Morgan fingerprint density at radius 1 is 1.23 bits per heavy atom. The summed E-state index contributed by atoms with van der Waals surface area (Å²) < 4.78 is 24.3. The van der Waals surface area contributed by atoms with Crippen molar-refractivity contribution < 1.29 is 13.2 Å². The average Bonchev–Trinajstić information content (AvgIpc) is 2.95. The Balaban J connectivity index is 1.80. The summed E-state index contributed by atoms with van der Waals surface area (Å²) in [5.41, 5.74) is 0.126. The molecule has 0 aromatic rings. The van der Waals surface area contributed by atoms with Crippen molar-refractivity contribution in [2.24, 2.45) is 0 Å². The topological polar surface area (TPSA) is 78.5 Å². The van der Waals surface area contributed by atoms with Gasteiger partial charge in [0, 0.05) is 49.6 Å². The highest BCUT2D eigenvalue weighted by molar-refractivity contribution is 7.99. The number of carbonyl (C=O) groups excluding carboxylic acids is 1. The van der Waals surface area contributed by atoms with Crippen molar-refractivity contribution in [2.45, 2.75) is 37.6 Å². The molecule has 22 heavy (non-hydrogen) atoms. The standard InChI is InChI=1S/C14H27N3O3S2/c1-22(19,20)16-7-4-13(18)15-12-14(5-2-3-6-14)17-8-10-21-11-9-17/h16H,2-12H2,1H3,(H,15,18). The first-order valence-electron chi connectivity index (χ1n) is 7.95. The minimum absolute atomic E-state index is 0.0752. The molecule has 1 saturated carbocycles. The van der Waals surface area contributed by atoms with E-state index in [1.165, 1.54) is 24.3 Å². The summed E-state index contributed by atoms with van der Waals surface area (Å²) in [6.45, 7) is 3.07. The van der Waals surface area contributed by atoms with E-state index >= 15 is 0 Å². The second kappa shape index (κ2) is 7.99. The molecule has 0 bridgehead atoms. The number of carbonyl (C=O) groups is 1. The zero-order valence-corrected chi connectivity index (χ0v) is 14.9. The number of amides is 1. The van der Waals surface area contributed by atoms with Gasteiger partial charge in [-0.15, -0.1) is 0 Å². The van der Waals surface area contributed by atoms with Gasteiger partial charge in [0.1, 0.15) is 0 Å². The number of nitrogens with one attached hydrogen (secondary N) is 2. The second-order valence-corrected chi connectivity index (χ2v) is 9.28. The van der Waals surface area contributed by atoms with E-state index in [1.807, 2.05) is 11.8 Å². The lowest BCUT2D eigenvalue weighted by Crippen LogP contribution is -2.56. The molecule has 2 aliphatic rings. The van der Waals surface area contributed by atoms with E-state index in [0.717, 1.165) is 32.2 Å². The van der Waals surface area contributed by atoms with Gasteiger partial charge in [-0.25, -0.2) is 13.1 Å². The van der Waals surface area contributed by atoms with Crippen LogP contribution in [0.5, 0.6) is 0 Å². The van der Waals surface area contributed by atoms with Gasteiger partial charge in [0.15, 0.2) is 0 Å². The van der Waals surface area contributed by atoms with Crippen molar-refractivity contribution in [1.29, 1.82) is 0 Å². The predicted molar refractivity (Wildman–Crippen MR) is 90.6 cm³/mol. The van der Waals surface area contributed by atoms with E-state index in [-0.39, 0.29) is 24.4 Å². The molecule has 1 aliphatic heterocycles. The number of sulfonamides is 1. The van der Waals surface area contributed by atoms with Crippen LogP contribution in [-0.2, 0) is 14.8 Å². The first kappa shape index (κ1) is 18.0. The van der Waals surface area contributed by atoms with Crippen molar-refractivity contribution in [3.05, 3.63) is 0 Å². The third-order valence-electron chi connectivity index (χ3n) is 4.55. The Kier molecular flexibility index (Phi) is 6.55. The molecule has 0 atom stereocenters. The lowest BCUT2D eigenvalue weighted by molar-refractivity contribution is -0.121. The van der Waals surface area contributed by atoms with Crippen LogP contribution < -0.4 is 10.0 Å². The van der Waals surface area contributed by atoms with Gasteiger partial charge in [0.2, 0.25) is 15.9 Å². The zero-order chi connectivity index (χ0) is 16.1. The fourth-order valence-electron chi connectivity index (χ4n) is 3.38. The largest absolute Gasteiger partial charge is 0.354 e. The molecular weight excluding hydrogens is 322 g/mol. The SMILES string of the molecule is CS(=O)(=O)NCCC(=O)NCC1(N2CCSCC2)CCCC1.